The Morgan fingerprint density at radius 1 is 1.13 bits per heavy atom. The van der Waals surface area contributed by atoms with Crippen LogP contribution in [-0.4, -0.2) is 50.3 Å². The van der Waals surface area contributed by atoms with E-state index in [9.17, 15) is 26.4 Å². The van der Waals surface area contributed by atoms with Gasteiger partial charge in [0.05, 0.1) is 16.5 Å². The van der Waals surface area contributed by atoms with Gasteiger partial charge in [0.15, 0.2) is 0 Å². The number of fused-ring (bicyclic) bond motifs is 1. The molecule has 3 aliphatic rings. The highest BCUT2D eigenvalue weighted by molar-refractivity contribution is 7.89. The van der Waals surface area contributed by atoms with Crippen LogP contribution in [0.15, 0.2) is 29.2 Å². The van der Waals surface area contributed by atoms with Gasteiger partial charge in [-0.2, -0.15) is 17.5 Å². The molecule has 2 saturated heterocycles. The van der Waals surface area contributed by atoms with Crippen LogP contribution < -0.4 is 10.6 Å². The van der Waals surface area contributed by atoms with E-state index in [1.54, 1.807) is 0 Å². The first-order chi connectivity index (χ1) is 14.2. The second-order valence-corrected chi connectivity index (χ2v) is 10.4. The second-order valence-electron chi connectivity index (χ2n) is 8.47. The largest absolute Gasteiger partial charge is 0.416 e. The summed E-state index contributed by atoms with van der Waals surface area (Å²) in [6.07, 6.45) is -0.156. The molecular weight excluding hydrogens is 419 g/mol. The molecule has 0 bridgehead atoms. The number of piperidine rings is 1. The minimum Gasteiger partial charge on any atom is -0.352 e. The molecule has 0 radical (unpaired) electrons. The number of hydrogen-bond donors (Lipinski definition) is 2. The van der Waals surface area contributed by atoms with Crippen molar-refractivity contribution in [2.75, 3.05) is 19.6 Å². The molecular formula is C20H26F3N3O3S. The zero-order chi connectivity index (χ0) is 21.5. The number of halogens is 3. The molecule has 10 heteroatoms. The predicted molar refractivity (Wildman–Crippen MR) is 104 cm³/mol. The lowest BCUT2D eigenvalue weighted by Gasteiger charge is -2.27. The van der Waals surface area contributed by atoms with Crippen molar-refractivity contribution in [3.63, 3.8) is 0 Å². The van der Waals surface area contributed by atoms with Crippen LogP contribution in [0.5, 0.6) is 0 Å². The number of carbonyl (C=O) groups excluding carboxylic acids is 1. The highest BCUT2D eigenvalue weighted by atomic mass is 32.2. The van der Waals surface area contributed by atoms with Crippen molar-refractivity contribution in [2.24, 2.45) is 11.8 Å². The van der Waals surface area contributed by atoms with Crippen molar-refractivity contribution in [2.45, 2.75) is 55.3 Å². The first-order valence-electron chi connectivity index (χ1n) is 10.4. The fourth-order valence-corrected chi connectivity index (χ4v) is 6.52. The zero-order valence-electron chi connectivity index (χ0n) is 16.5. The lowest BCUT2D eigenvalue weighted by atomic mass is 9.97. The highest BCUT2D eigenvalue weighted by Crippen LogP contribution is 2.40. The number of nitrogens with zero attached hydrogens (tertiary/aromatic N) is 1. The molecule has 1 aromatic rings. The maximum atomic E-state index is 13.0. The first kappa shape index (κ1) is 21.6. The zero-order valence-corrected chi connectivity index (χ0v) is 17.3. The minimum absolute atomic E-state index is 0.0156. The van der Waals surface area contributed by atoms with E-state index in [2.05, 4.69) is 10.6 Å². The molecule has 30 heavy (non-hydrogen) atoms. The molecule has 1 amide bonds. The molecule has 3 fully saturated rings. The topological polar surface area (TPSA) is 78.5 Å². The summed E-state index contributed by atoms with van der Waals surface area (Å²) in [7, 11) is -4.03. The third-order valence-corrected chi connectivity index (χ3v) is 8.40. The van der Waals surface area contributed by atoms with Gasteiger partial charge >= 0.3 is 6.18 Å². The number of carbonyl (C=O) groups is 1. The van der Waals surface area contributed by atoms with Gasteiger partial charge in [-0.05, 0) is 62.3 Å². The summed E-state index contributed by atoms with van der Waals surface area (Å²) >= 11 is 0. The standard InChI is InChI=1S/C20H26F3N3O3S/c21-20(22,23)14-4-3-5-15(10-14)30(28,29)26-11-13-7-8-17(16(13)12-26)25-19(27)18-6-1-2-9-24-18/h3-5,10,13,16-18,24H,1-2,6-9,11-12H2,(H,25,27)/t13-,16+,17+,18-/m0/s1. The average Bonchev–Trinajstić information content (AvgIpc) is 3.30. The van der Waals surface area contributed by atoms with E-state index in [0.717, 1.165) is 50.8 Å². The highest BCUT2D eigenvalue weighted by Gasteiger charge is 2.47. The van der Waals surface area contributed by atoms with Gasteiger partial charge in [-0.25, -0.2) is 8.42 Å². The van der Waals surface area contributed by atoms with E-state index >= 15 is 0 Å². The number of alkyl halides is 3. The molecule has 4 rings (SSSR count). The molecule has 0 aromatic heterocycles. The Balaban J connectivity index is 1.45. The minimum atomic E-state index is -4.60. The van der Waals surface area contributed by atoms with Crippen molar-refractivity contribution in [3.05, 3.63) is 29.8 Å². The average molecular weight is 446 g/mol. The summed E-state index contributed by atoms with van der Waals surface area (Å²) in [5.41, 5.74) is -0.979. The molecule has 1 saturated carbocycles. The normalized spacial score (nSPS) is 30.2. The first-order valence-corrected chi connectivity index (χ1v) is 11.8. The van der Waals surface area contributed by atoms with E-state index < -0.39 is 21.8 Å². The van der Waals surface area contributed by atoms with Gasteiger partial charge < -0.3 is 10.6 Å². The Kier molecular flexibility index (Phi) is 5.84. The summed E-state index contributed by atoms with van der Waals surface area (Å²) in [6.45, 7) is 1.31. The Bertz CT molecular complexity index is 900. The number of benzene rings is 1. The smallest absolute Gasteiger partial charge is 0.352 e. The number of amides is 1. The van der Waals surface area contributed by atoms with Crippen molar-refractivity contribution in [1.82, 2.24) is 14.9 Å². The molecule has 1 aliphatic carbocycles. The van der Waals surface area contributed by atoms with Crippen molar-refractivity contribution in [1.29, 1.82) is 0 Å². The van der Waals surface area contributed by atoms with Gasteiger partial charge in [-0.1, -0.05) is 12.5 Å². The predicted octanol–water partition coefficient (Wildman–Crippen LogP) is 2.36. The maximum absolute atomic E-state index is 13.0. The summed E-state index contributed by atoms with van der Waals surface area (Å²) in [4.78, 5) is 12.2. The van der Waals surface area contributed by atoms with E-state index in [1.165, 1.54) is 10.4 Å². The van der Waals surface area contributed by atoms with E-state index in [-0.39, 0.29) is 47.8 Å². The molecule has 0 spiro atoms. The summed E-state index contributed by atoms with van der Waals surface area (Å²) in [5.74, 6) is 0.0489. The van der Waals surface area contributed by atoms with Crippen molar-refractivity contribution in [3.8, 4) is 0 Å². The van der Waals surface area contributed by atoms with Crippen LogP contribution in [0.25, 0.3) is 0 Å². The van der Waals surface area contributed by atoms with Crippen LogP contribution in [0.2, 0.25) is 0 Å². The van der Waals surface area contributed by atoms with Gasteiger partial charge in [0.1, 0.15) is 0 Å². The van der Waals surface area contributed by atoms with Crippen LogP contribution in [0.1, 0.15) is 37.7 Å². The van der Waals surface area contributed by atoms with E-state index in [0.29, 0.717) is 6.07 Å². The number of sulfonamides is 1. The Morgan fingerprint density at radius 2 is 1.93 bits per heavy atom. The van der Waals surface area contributed by atoms with Gasteiger partial charge in [0.2, 0.25) is 15.9 Å². The van der Waals surface area contributed by atoms with Gasteiger partial charge in [0.25, 0.3) is 0 Å². The fourth-order valence-electron chi connectivity index (χ4n) is 4.94. The van der Waals surface area contributed by atoms with Gasteiger partial charge in [0, 0.05) is 19.1 Å². The number of nitrogens with one attached hydrogen (secondary N) is 2. The lowest BCUT2D eigenvalue weighted by Crippen LogP contribution is -2.51. The van der Waals surface area contributed by atoms with Crippen molar-refractivity contribution >= 4 is 15.9 Å². The Hall–Kier alpha value is -1.65. The third kappa shape index (κ3) is 4.22. The molecule has 4 atom stereocenters. The third-order valence-electron chi connectivity index (χ3n) is 6.58. The second kappa shape index (κ2) is 8.12. The fraction of sp³-hybridized carbons (Fsp3) is 0.650. The van der Waals surface area contributed by atoms with E-state index in [4.69, 9.17) is 0 Å². The molecule has 2 heterocycles. The van der Waals surface area contributed by atoms with Crippen LogP contribution >= 0.6 is 0 Å². The SMILES string of the molecule is O=C(N[C@@H]1CC[C@H]2CN(S(=O)(=O)c3cccc(C(F)(F)F)c3)C[C@H]21)[C@@H]1CCCCN1. The summed E-state index contributed by atoms with van der Waals surface area (Å²) in [5, 5.41) is 6.30. The van der Waals surface area contributed by atoms with Crippen LogP contribution in [0, 0.1) is 11.8 Å². The van der Waals surface area contributed by atoms with E-state index in [1.807, 2.05) is 0 Å². The summed E-state index contributed by atoms with van der Waals surface area (Å²) in [6, 6.07) is 3.57. The lowest BCUT2D eigenvalue weighted by molar-refractivity contribution is -0.137. The van der Waals surface area contributed by atoms with Crippen molar-refractivity contribution < 1.29 is 26.4 Å². The summed E-state index contributed by atoms with van der Waals surface area (Å²) < 4.78 is 66.2. The molecule has 6 nitrogen and oxygen atoms in total. The molecule has 1 aromatic carbocycles. The number of rotatable bonds is 4. The molecule has 166 valence electrons. The maximum Gasteiger partial charge on any atom is 0.416 e. The molecule has 2 aliphatic heterocycles. The number of hydrogen-bond acceptors (Lipinski definition) is 4. The van der Waals surface area contributed by atoms with Crippen LogP contribution in [-0.2, 0) is 21.0 Å². The quantitative estimate of drug-likeness (QED) is 0.746. The monoisotopic (exact) mass is 445 g/mol. The van der Waals surface area contributed by atoms with Crippen LogP contribution in [0.4, 0.5) is 13.2 Å². The Morgan fingerprint density at radius 3 is 2.63 bits per heavy atom. The van der Waals surface area contributed by atoms with Crippen LogP contribution in [0.3, 0.4) is 0 Å². The van der Waals surface area contributed by atoms with Gasteiger partial charge in [-0.15, -0.1) is 0 Å². The Labute approximate surface area is 174 Å². The molecule has 0 unspecified atom stereocenters. The molecule has 2 N–H and O–H groups in total. The van der Waals surface area contributed by atoms with Gasteiger partial charge in [-0.3, -0.25) is 4.79 Å².